The fourth-order valence-electron chi connectivity index (χ4n) is 3.95. The van der Waals surface area contributed by atoms with Crippen molar-refractivity contribution in [1.82, 2.24) is 19.1 Å². The third-order valence-corrected chi connectivity index (χ3v) is 8.11. The van der Waals surface area contributed by atoms with E-state index in [9.17, 15) is 13.2 Å². The number of rotatable bonds is 7. The van der Waals surface area contributed by atoms with Gasteiger partial charge in [-0.3, -0.25) is 14.7 Å². The molecule has 0 atom stereocenters. The van der Waals surface area contributed by atoms with Crippen molar-refractivity contribution in [3.05, 3.63) is 59.4 Å². The highest BCUT2D eigenvalue weighted by atomic mass is 32.2. The molecule has 2 heterocycles. The summed E-state index contributed by atoms with van der Waals surface area (Å²) >= 11 is 0. The zero-order valence-electron chi connectivity index (χ0n) is 18.2. The molecule has 1 saturated heterocycles. The Kier molecular flexibility index (Phi) is 6.41. The van der Waals surface area contributed by atoms with E-state index in [2.05, 4.69) is 9.88 Å². The number of carbonyl (C=O) groups is 1. The predicted molar refractivity (Wildman–Crippen MR) is 119 cm³/mol. The normalized spacial score (nSPS) is 17.8. The van der Waals surface area contributed by atoms with Crippen molar-refractivity contribution in [2.45, 2.75) is 44.2 Å². The van der Waals surface area contributed by atoms with Crippen LogP contribution in [-0.4, -0.2) is 72.2 Å². The minimum absolute atomic E-state index is 0.0685. The van der Waals surface area contributed by atoms with Crippen molar-refractivity contribution in [2.24, 2.45) is 0 Å². The zero-order valence-corrected chi connectivity index (χ0v) is 19.0. The summed E-state index contributed by atoms with van der Waals surface area (Å²) in [5, 5.41) is 0. The number of piperazine rings is 1. The van der Waals surface area contributed by atoms with Crippen LogP contribution >= 0.6 is 0 Å². The molecule has 1 aliphatic carbocycles. The molecule has 1 aromatic heterocycles. The molecule has 0 radical (unpaired) electrons. The molecule has 0 N–H and O–H groups in total. The van der Waals surface area contributed by atoms with E-state index < -0.39 is 10.0 Å². The number of pyridine rings is 1. The Morgan fingerprint density at radius 1 is 1.10 bits per heavy atom. The standard InChI is InChI=1S/C23H30N4O3S/c1-18-5-8-22(14-19(18)2)31(29,30)27-12-10-25(11-13-27)23(28)17-26(21-6-7-21)16-20-4-3-9-24-15-20/h3-5,8-9,14-15,21H,6-7,10-13,16-17H2,1-2H3. The highest BCUT2D eigenvalue weighted by Crippen LogP contribution is 2.28. The first-order valence-corrected chi connectivity index (χ1v) is 12.3. The Hall–Kier alpha value is -2.29. The average Bonchev–Trinajstić information content (AvgIpc) is 3.61. The van der Waals surface area contributed by atoms with Crippen LogP contribution in [0.5, 0.6) is 0 Å². The van der Waals surface area contributed by atoms with Gasteiger partial charge in [0.25, 0.3) is 0 Å². The van der Waals surface area contributed by atoms with Gasteiger partial charge in [-0.05, 0) is 61.6 Å². The van der Waals surface area contributed by atoms with E-state index in [1.54, 1.807) is 23.2 Å². The largest absolute Gasteiger partial charge is 0.339 e. The van der Waals surface area contributed by atoms with Crippen molar-refractivity contribution in [1.29, 1.82) is 0 Å². The zero-order chi connectivity index (χ0) is 22.0. The molecule has 166 valence electrons. The molecule has 7 nitrogen and oxygen atoms in total. The van der Waals surface area contributed by atoms with Crippen molar-refractivity contribution in [3.8, 4) is 0 Å². The van der Waals surface area contributed by atoms with Gasteiger partial charge in [-0.25, -0.2) is 8.42 Å². The van der Waals surface area contributed by atoms with E-state index in [1.807, 2.05) is 38.2 Å². The molecule has 0 spiro atoms. The van der Waals surface area contributed by atoms with Gasteiger partial charge in [-0.15, -0.1) is 0 Å². The van der Waals surface area contributed by atoms with Crippen LogP contribution in [0.2, 0.25) is 0 Å². The molecule has 0 unspecified atom stereocenters. The SMILES string of the molecule is Cc1ccc(S(=O)(=O)N2CCN(C(=O)CN(Cc3cccnc3)C3CC3)CC2)cc1C. The topological polar surface area (TPSA) is 73.8 Å². The Labute approximate surface area is 184 Å². The number of carbonyl (C=O) groups excluding carboxylic acids is 1. The fraction of sp³-hybridized carbons (Fsp3) is 0.478. The van der Waals surface area contributed by atoms with Crippen LogP contribution in [0.1, 0.15) is 29.5 Å². The van der Waals surface area contributed by atoms with Gasteiger partial charge in [-0.1, -0.05) is 12.1 Å². The van der Waals surface area contributed by atoms with Crippen LogP contribution in [0.3, 0.4) is 0 Å². The van der Waals surface area contributed by atoms with Crippen LogP contribution in [0, 0.1) is 13.8 Å². The van der Waals surface area contributed by atoms with Crippen LogP contribution in [0.25, 0.3) is 0 Å². The Morgan fingerprint density at radius 3 is 2.45 bits per heavy atom. The highest BCUT2D eigenvalue weighted by molar-refractivity contribution is 7.89. The van der Waals surface area contributed by atoms with Gasteiger partial charge in [0.05, 0.1) is 11.4 Å². The van der Waals surface area contributed by atoms with Crippen molar-refractivity contribution in [2.75, 3.05) is 32.7 Å². The van der Waals surface area contributed by atoms with E-state index in [0.29, 0.717) is 50.2 Å². The highest BCUT2D eigenvalue weighted by Gasteiger charge is 2.34. The number of amides is 1. The maximum atomic E-state index is 13.0. The molecule has 2 aliphatic rings. The van der Waals surface area contributed by atoms with Crippen molar-refractivity contribution < 1.29 is 13.2 Å². The minimum Gasteiger partial charge on any atom is -0.339 e. The van der Waals surface area contributed by atoms with Crippen LogP contribution in [0.4, 0.5) is 0 Å². The molecule has 1 amide bonds. The predicted octanol–water partition coefficient (Wildman–Crippen LogP) is 2.20. The summed E-state index contributed by atoms with van der Waals surface area (Å²) < 4.78 is 27.5. The summed E-state index contributed by atoms with van der Waals surface area (Å²) in [7, 11) is -3.54. The molecule has 31 heavy (non-hydrogen) atoms. The van der Waals surface area contributed by atoms with Gasteiger partial charge in [0.15, 0.2) is 0 Å². The molecular formula is C23H30N4O3S. The number of hydrogen-bond acceptors (Lipinski definition) is 5. The summed E-state index contributed by atoms with van der Waals surface area (Å²) in [6, 6.07) is 9.64. The second kappa shape index (κ2) is 9.06. The van der Waals surface area contributed by atoms with E-state index in [-0.39, 0.29) is 5.91 Å². The lowest BCUT2D eigenvalue weighted by Crippen LogP contribution is -2.52. The number of sulfonamides is 1. The second-order valence-corrected chi connectivity index (χ2v) is 10.5. The molecule has 4 rings (SSSR count). The molecule has 1 aliphatic heterocycles. The minimum atomic E-state index is -3.54. The lowest BCUT2D eigenvalue weighted by molar-refractivity contribution is -0.133. The third kappa shape index (κ3) is 5.14. The Balaban J connectivity index is 1.35. The fourth-order valence-corrected chi connectivity index (χ4v) is 5.46. The molecule has 1 saturated carbocycles. The Morgan fingerprint density at radius 2 is 1.84 bits per heavy atom. The van der Waals surface area contributed by atoms with Crippen LogP contribution in [-0.2, 0) is 21.4 Å². The first kappa shape index (κ1) is 21.9. The first-order valence-electron chi connectivity index (χ1n) is 10.8. The maximum absolute atomic E-state index is 13.0. The molecule has 2 fully saturated rings. The summed E-state index contributed by atoms with van der Waals surface area (Å²) in [5.74, 6) is 0.0685. The second-order valence-electron chi connectivity index (χ2n) is 8.53. The van der Waals surface area contributed by atoms with Crippen molar-refractivity contribution >= 4 is 15.9 Å². The number of aryl methyl sites for hydroxylation is 2. The van der Waals surface area contributed by atoms with E-state index >= 15 is 0 Å². The number of nitrogens with zero attached hydrogens (tertiary/aromatic N) is 4. The molecule has 1 aromatic carbocycles. The number of benzene rings is 1. The Bertz CT molecular complexity index is 1030. The quantitative estimate of drug-likeness (QED) is 0.657. The van der Waals surface area contributed by atoms with Gasteiger partial charge in [-0.2, -0.15) is 4.31 Å². The lowest BCUT2D eigenvalue weighted by Gasteiger charge is -2.35. The van der Waals surface area contributed by atoms with Gasteiger partial charge >= 0.3 is 0 Å². The molecule has 8 heteroatoms. The van der Waals surface area contributed by atoms with Gasteiger partial charge in [0.1, 0.15) is 0 Å². The van der Waals surface area contributed by atoms with E-state index in [0.717, 1.165) is 29.5 Å². The van der Waals surface area contributed by atoms with Gasteiger partial charge < -0.3 is 4.90 Å². The number of aromatic nitrogens is 1. The van der Waals surface area contributed by atoms with E-state index in [1.165, 1.54) is 4.31 Å². The summed E-state index contributed by atoms with van der Waals surface area (Å²) in [6.45, 7) is 6.47. The summed E-state index contributed by atoms with van der Waals surface area (Å²) in [6.07, 6.45) is 5.84. The summed E-state index contributed by atoms with van der Waals surface area (Å²) in [4.78, 5) is 21.5. The first-order chi connectivity index (χ1) is 14.8. The van der Waals surface area contributed by atoms with Crippen molar-refractivity contribution in [3.63, 3.8) is 0 Å². The monoisotopic (exact) mass is 442 g/mol. The number of hydrogen-bond donors (Lipinski definition) is 0. The van der Waals surface area contributed by atoms with Crippen LogP contribution < -0.4 is 0 Å². The maximum Gasteiger partial charge on any atom is 0.243 e. The average molecular weight is 443 g/mol. The lowest BCUT2D eigenvalue weighted by atomic mass is 10.1. The molecule has 0 bridgehead atoms. The van der Waals surface area contributed by atoms with E-state index in [4.69, 9.17) is 0 Å². The smallest absolute Gasteiger partial charge is 0.243 e. The third-order valence-electron chi connectivity index (χ3n) is 6.22. The van der Waals surface area contributed by atoms with Gasteiger partial charge in [0, 0.05) is 51.2 Å². The molecule has 2 aromatic rings. The molecular weight excluding hydrogens is 412 g/mol. The van der Waals surface area contributed by atoms with Crippen LogP contribution in [0.15, 0.2) is 47.6 Å². The van der Waals surface area contributed by atoms with Gasteiger partial charge in [0.2, 0.25) is 15.9 Å². The summed E-state index contributed by atoms with van der Waals surface area (Å²) in [5.41, 5.74) is 3.14.